The van der Waals surface area contributed by atoms with Gasteiger partial charge in [0.1, 0.15) is 0 Å². The molecule has 0 aliphatic carbocycles. The van der Waals surface area contributed by atoms with Gasteiger partial charge in [-0.05, 0) is 43.9 Å². The zero-order valence-electron chi connectivity index (χ0n) is 12.3. The molecule has 0 radical (unpaired) electrons. The maximum absolute atomic E-state index is 10.9. The Balaban J connectivity index is 2.67. The van der Waals surface area contributed by atoms with Gasteiger partial charge < -0.3 is 4.74 Å². The number of nitrogens with zero attached hydrogens (tertiary/aromatic N) is 1. The molecule has 1 atom stereocenters. The van der Waals surface area contributed by atoms with Gasteiger partial charge in [-0.15, -0.1) is 0 Å². The monoisotopic (exact) mass is 313 g/mol. The fraction of sp³-hybridized carbons (Fsp3) is 0.533. The van der Waals surface area contributed by atoms with Gasteiger partial charge in [-0.1, -0.05) is 23.7 Å². The Morgan fingerprint density at radius 3 is 2.48 bits per heavy atom. The van der Waals surface area contributed by atoms with Gasteiger partial charge in [0.2, 0.25) is 6.54 Å². The predicted molar refractivity (Wildman–Crippen MR) is 81.1 cm³/mol. The molecule has 0 amide bonds. The molecule has 0 saturated heterocycles. The van der Waals surface area contributed by atoms with Crippen LogP contribution in [-0.2, 0) is 14.9 Å². The van der Waals surface area contributed by atoms with Crippen LogP contribution in [0.3, 0.4) is 0 Å². The minimum Gasteiger partial charge on any atom is -0.466 e. The van der Waals surface area contributed by atoms with Crippen LogP contribution in [0, 0.1) is 10.1 Å². The summed E-state index contributed by atoms with van der Waals surface area (Å²) in [5.41, 5.74) is 0.348. The largest absolute Gasteiger partial charge is 0.466 e. The molecule has 116 valence electrons. The van der Waals surface area contributed by atoms with E-state index in [9.17, 15) is 14.9 Å². The number of carbonyl (C=O) groups excluding carboxylic acids is 1. The second kappa shape index (κ2) is 7.98. The molecule has 0 fully saturated rings. The molecule has 5 nitrogen and oxygen atoms in total. The Morgan fingerprint density at radius 2 is 1.95 bits per heavy atom. The van der Waals surface area contributed by atoms with Crippen LogP contribution >= 0.6 is 11.6 Å². The van der Waals surface area contributed by atoms with Gasteiger partial charge in [0.15, 0.2) is 0 Å². The molecule has 1 aromatic carbocycles. The van der Waals surface area contributed by atoms with E-state index < -0.39 is 5.41 Å². The van der Waals surface area contributed by atoms with E-state index in [1.54, 1.807) is 12.1 Å². The Morgan fingerprint density at radius 1 is 1.33 bits per heavy atom. The smallest absolute Gasteiger partial charge is 0.302 e. The summed E-state index contributed by atoms with van der Waals surface area (Å²) in [6, 6.07) is 7.15. The van der Waals surface area contributed by atoms with Gasteiger partial charge in [-0.2, -0.15) is 0 Å². The van der Waals surface area contributed by atoms with E-state index in [4.69, 9.17) is 16.3 Å². The third-order valence-electron chi connectivity index (χ3n) is 3.45. The molecular weight excluding hydrogens is 294 g/mol. The first-order valence-electron chi connectivity index (χ1n) is 6.85. The van der Waals surface area contributed by atoms with E-state index in [-0.39, 0.29) is 17.4 Å². The van der Waals surface area contributed by atoms with E-state index in [0.717, 1.165) is 12.0 Å². The van der Waals surface area contributed by atoms with E-state index in [1.807, 2.05) is 19.1 Å². The molecule has 0 aliphatic rings. The fourth-order valence-corrected chi connectivity index (χ4v) is 2.41. The summed E-state index contributed by atoms with van der Waals surface area (Å²) in [4.78, 5) is 21.3. The molecule has 0 spiro atoms. The topological polar surface area (TPSA) is 69.4 Å². The number of hydrogen-bond donors (Lipinski definition) is 0. The van der Waals surface area contributed by atoms with Crippen LogP contribution < -0.4 is 0 Å². The highest BCUT2D eigenvalue weighted by Gasteiger charge is 2.32. The van der Waals surface area contributed by atoms with Crippen molar-refractivity contribution in [2.45, 2.75) is 38.5 Å². The highest BCUT2D eigenvalue weighted by atomic mass is 35.5. The highest BCUT2D eigenvalue weighted by molar-refractivity contribution is 6.30. The Bertz CT molecular complexity index is 489. The van der Waals surface area contributed by atoms with Crippen LogP contribution in [0.15, 0.2) is 24.3 Å². The van der Waals surface area contributed by atoms with Crippen molar-refractivity contribution in [3.8, 4) is 0 Å². The zero-order chi connectivity index (χ0) is 15.9. The lowest BCUT2D eigenvalue weighted by Gasteiger charge is -2.26. The Hall–Kier alpha value is -1.62. The summed E-state index contributed by atoms with van der Waals surface area (Å²) < 4.78 is 4.87. The lowest BCUT2D eigenvalue weighted by Crippen LogP contribution is -2.31. The zero-order valence-corrected chi connectivity index (χ0v) is 13.1. The van der Waals surface area contributed by atoms with Crippen molar-refractivity contribution in [3.05, 3.63) is 45.0 Å². The van der Waals surface area contributed by atoms with Gasteiger partial charge in [-0.25, -0.2) is 0 Å². The summed E-state index contributed by atoms with van der Waals surface area (Å²) in [5, 5.41) is 11.6. The van der Waals surface area contributed by atoms with Crippen LogP contribution in [0.25, 0.3) is 0 Å². The summed E-state index contributed by atoms with van der Waals surface area (Å²) in [7, 11) is 0. The minimum absolute atomic E-state index is 0.137. The summed E-state index contributed by atoms with van der Waals surface area (Å²) in [6.45, 7) is 3.46. The van der Waals surface area contributed by atoms with Gasteiger partial charge in [0.05, 0.1) is 12.0 Å². The molecule has 1 rings (SSSR count). The van der Waals surface area contributed by atoms with E-state index >= 15 is 0 Å². The molecule has 0 aromatic heterocycles. The number of ether oxygens (including phenoxy) is 1. The average Bonchev–Trinajstić information content (AvgIpc) is 2.37. The average molecular weight is 314 g/mol. The lowest BCUT2D eigenvalue weighted by molar-refractivity contribution is -0.490. The second-order valence-electron chi connectivity index (χ2n) is 5.36. The van der Waals surface area contributed by atoms with Gasteiger partial charge in [0.25, 0.3) is 0 Å². The first-order valence-corrected chi connectivity index (χ1v) is 7.22. The quantitative estimate of drug-likeness (QED) is 0.318. The number of nitro groups is 1. The number of unbranched alkanes of at least 4 members (excludes halogenated alkanes) is 1. The Kier molecular flexibility index (Phi) is 6.62. The molecule has 0 bridgehead atoms. The van der Waals surface area contributed by atoms with Crippen molar-refractivity contribution in [2.24, 2.45) is 0 Å². The van der Waals surface area contributed by atoms with E-state index in [2.05, 4.69) is 0 Å². The fourth-order valence-electron chi connectivity index (χ4n) is 2.29. The molecule has 0 saturated carbocycles. The third kappa shape index (κ3) is 6.12. The number of halogens is 1. The third-order valence-corrected chi connectivity index (χ3v) is 3.70. The number of carbonyl (C=O) groups is 1. The first kappa shape index (κ1) is 17.4. The molecule has 0 aliphatic heterocycles. The van der Waals surface area contributed by atoms with Crippen LogP contribution in [-0.4, -0.2) is 24.0 Å². The van der Waals surface area contributed by atoms with Crippen molar-refractivity contribution in [1.29, 1.82) is 0 Å². The second-order valence-corrected chi connectivity index (χ2v) is 5.79. The van der Waals surface area contributed by atoms with Gasteiger partial charge >= 0.3 is 5.97 Å². The molecular formula is C15H20ClNO4. The number of benzene rings is 1. The number of hydrogen-bond acceptors (Lipinski definition) is 4. The summed E-state index contributed by atoms with van der Waals surface area (Å²) in [6.07, 6.45) is 2.09. The van der Waals surface area contributed by atoms with E-state index in [0.29, 0.717) is 24.5 Å². The Labute approximate surface area is 129 Å². The van der Waals surface area contributed by atoms with Crippen LogP contribution in [0.4, 0.5) is 0 Å². The van der Waals surface area contributed by atoms with Crippen molar-refractivity contribution in [3.63, 3.8) is 0 Å². The van der Waals surface area contributed by atoms with E-state index in [1.165, 1.54) is 6.92 Å². The van der Waals surface area contributed by atoms with Gasteiger partial charge in [0, 0.05) is 16.9 Å². The standard InChI is InChI=1S/C15H20ClNO4/c1-12(18)21-10-4-3-9-15(2,11-17(19)20)13-5-7-14(16)8-6-13/h5-8H,3-4,9-11H2,1-2H3/t15-/m1/s1. The van der Waals surface area contributed by atoms with Crippen molar-refractivity contribution >= 4 is 17.6 Å². The normalized spacial score (nSPS) is 13.5. The SMILES string of the molecule is CC(=O)OCCCC[C@](C)(C[N+](=O)[O-])c1ccc(Cl)cc1. The molecule has 1 aromatic rings. The number of esters is 1. The van der Waals surface area contributed by atoms with Crippen LogP contribution in [0.5, 0.6) is 0 Å². The first-order chi connectivity index (χ1) is 9.83. The predicted octanol–water partition coefficient (Wildman–Crippen LogP) is 3.61. The summed E-state index contributed by atoms with van der Waals surface area (Å²) >= 11 is 5.86. The maximum atomic E-state index is 10.9. The summed E-state index contributed by atoms with van der Waals surface area (Å²) in [5.74, 6) is -0.305. The molecule has 0 heterocycles. The highest BCUT2D eigenvalue weighted by Crippen LogP contribution is 2.30. The number of rotatable bonds is 8. The molecule has 0 unspecified atom stereocenters. The van der Waals surface area contributed by atoms with Crippen molar-refractivity contribution in [1.82, 2.24) is 0 Å². The van der Waals surface area contributed by atoms with Crippen LogP contribution in [0.2, 0.25) is 5.02 Å². The van der Waals surface area contributed by atoms with Crippen LogP contribution in [0.1, 0.15) is 38.7 Å². The van der Waals surface area contributed by atoms with Crippen molar-refractivity contribution in [2.75, 3.05) is 13.2 Å². The van der Waals surface area contributed by atoms with Gasteiger partial charge in [-0.3, -0.25) is 14.9 Å². The maximum Gasteiger partial charge on any atom is 0.302 e. The molecule has 0 N–H and O–H groups in total. The molecule has 6 heteroatoms. The molecule has 21 heavy (non-hydrogen) atoms. The minimum atomic E-state index is -0.551. The lowest BCUT2D eigenvalue weighted by atomic mass is 9.78. The van der Waals surface area contributed by atoms with Crippen molar-refractivity contribution < 1.29 is 14.5 Å².